The molecule has 0 saturated heterocycles. The monoisotopic (exact) mass is 409 g/mol. The lowest BCUT2D eigenvalue weighted by Crippen LogP contribution is -2.51. The summed E-state index contributed by atoms with van der Waals surface area (Å²) in [7, 11) is 0. The maximum Gasteiger partial charge on any atom is 0.251 e. The molecule has 2 aromatic rings. The first-order chi connectivity index (χ1) is 14.3. The van der Waals surface area contributed by atoms with Crippen molar-refractivity contribution in [1.29, 1.82) is 0 Å². The SMILES string of the molecule is CCN(Cc1ccccc1)C(=O)CNC(=O)C(NC(=O)c1cccc(C)c1)C(C)C. The number of carbonyl (C=O) groups is 3. The van der Waals surface area contributed by atoms with Crippen molar-refractivity contribution in [3.63, 3.8) is 0 Å². The minimum Gasteiger partial charge on any atom is -0.345 e. The average Bonchev–Trinajstić information content (AvgIpc) is 2.74. The minimum atomic E-state index is -0.727. The van der Waals surface area contributed by atoms with Crippen LogP contribution in [0.1, 0.15) is 42.3 Å². The van der Waals surface area contributed by atoms with Crippen LogP contribution < -0.4 is 10.6 Å². The first-order valence-corrected chi connectivity index (χ1v) is 10.3. The molecule has 0 aliphatic carbocycles. The molecule has 6 nitrogen and oxygen atoms in total. The predicted octanol–water partition coefficient (Wildman–Crippen LogP) is 2.91. The molecule has 30 heavy (non-hydrogen) atoms. The van der Waals surface area contributed by atoms with Gasteiger partial charge in [0, 0.05) is 18.7 Å². The summed E-state index contributed by atoms with van der Waals surface area (Å²) in [5, 5.41) is 5.48. The molecule has 0 aliphatic rings. The maximum atomic E-state index is 12.7. The summed E-state index contributed by atoms with van der Waals surface area (Å²) in [6.45, 7) is 8.45. The molecule has 0 heterocycles. The zero-order valence-electron chi connectivity index (χ0n) is 18.1. The Kier molecular flexibility index (Phi) is 8.59. The van der Waals surface area contributed by atoms with Gasteiger partial charge in [-0.1, -0.05) is 61.9 Å². The Morgan fingerprint density at radius 1 is 1.00 bits per heavy atom. The van der Waals surface area contributed by atoms with Crippen molar-refractivity contribution in [2.75, 3.05) is 13.1 Å². The Balaban J connectivity index is 1.95. The highest BCUT2D eigenvalue weighted by atomic mass is 16.2. The van der Waals surface area contributed by atoms with Crippen molar-refractivity contribution in [1.82, 2.24) is 15.5 Å². The molecule has 0 radical (unpaired) electrons. The zero-order chi connectivity index (χ0) is 22.1. The summed E-state index contributed by atoms with van der Waals surface area (Å²) in [5.41, 5.74) is 2.51. The van der Waals surface area contributed by atoms with E-state index < -0.39 is 6.04 Å². The molecule has 6 heteroatoms. The maximum absolute atomic E-state index is 12.7. The molecule has 0 fully saturated rings. The van der Waals surface area contributed by atoms with E-state index in [1.54, 1.807) is 23.1 Å². The fraction of sp³-hybridized carbons (Fsp3) is 0.375. The van der Waals surface area contributed by atoms with Gasteiger partial charge < -0.3 is 15.5 Å². The Hall–Kier alpha value is -3.15. The van der Waals surface area contributed by atoms with E-state index in [-0.39, 0.29) is 30.2 Å². The van der Waals surface area contributed by atoms with E-state index in [4.69, 9.17) is 0 Å². The van der Waals surface area contributed by atoms with Crippen LogP contribution in [0.25, 0.3) is 0 Å². The second-order valence-electron chi connectivity index (χ2n) is 7.68. The first kappa shape index (κ1) is 23.1. The molecular formula is C24H31N3O3. The number of hydrogen-bond acceptors (Lipinski definition) is 3. The lowest BCUT2D eigenvalue weighted by Gasteiger charge is -2.24. The summed E-state index contributed by atoms with van der Waals surface area (Å²) in [6, 6.07) is 16.2. The number of benzene rings is 2. The molecule has 1 atom stereocenters. The van der Waals surface area contributed by atoms with Gasteiger partial charge in [-0.2, -0.15) is 0 Å². The molecular weight excluding hydrogens is 378 g/mol. The highest BCUT2D eigenvalue weighted by Crippen LogP contribution is 2.08. The molecule has 2 N–H and O–H groups in total. The van der Waals surface area contributed by atoms with Gasteiger partial charge in [-0.15, -0.1) is 0 Å². The normalized spacial score (nSPS) is 11.6. The minimum absolute atomic E-state index is 0.108. The van der Waals surface area contributed by atoms with Crippen LogP contribution in [0.3, 0.4) is 0 Å². The molecule has 0 aromatic heterocycles. The molecule has 0 aliphatic heterocycles. The van der Waals surface area contributed by atoms with Gasteiger partial charge in [0.15, 0.2) is 0 Å². The van der Waals surface area contributed by atoms with Gasteiger partial charge in [-0.3, -0.25) is 14.4 Å². The second kappa shape index (κ2) is 11.1. The van der Waals surface area contributed by atoms with Crippen molar-refractivity contribution in [3.8, 4) is 0 Å². The third-order valence-corrected chi connectivity index (χ3v) is 4.88. The van der Waals surface area contributed by atoms with Crippen molar-refractivity contribution in [3.05, 3.63) is 71.3 Å². The number of aryl methyl sites for hydroxylation is 1. The van der Waals surface area contributed by atoms with Crippen LogP contribution in [-0.4, -0.2) is 41.8 Å². The average molecular weight is 410 g/mol. The number of amides is 3. The van der Waals surface area contributed by atoms with E-state index in [1.807, 2.05) is 64.1 Å². The number of hydrogen-bond donors (Lipinski definition) is 2. The summed E-state index contributed by atoms with van der Waals surface area (Å²) in [6.07, 6.45) is 0. The fourth-order valence-corrected chi connectivity index (χ4v) is 3.11. The third kappa shape index (κ3) is 6.72. The zero-order valence-corrected chi connectivity index (χ0v) is 18.1. The predicted molar refractivity (Wildman–Crippen MR) is 118 cm³/mol. The van der Waals surface area contributed by atoms with E-state index in [1.165, 1.54) is 0 Å². The largest absolute Gasteiger partial charge is 0.345 e. The standard InChI is InChI=1S/C24H31N3O3/c1-5-27(16-19-11-7-6-8-12-19)21(28)15-25-24(30)22(17(2)3)26-23(29)20-13-9-10-18(4)14-20/h6-14,17,22H,5,15-16H2,1-4H3,(H,25,30)(H,26,29). The van der Waals surface area contributed by atoms with Gasteiger partial charge in [0.1, 0.15) is 6.04 Å². The van der Waals surface area contributed by atoms with Gasteiger partial charge in [-0.25, -0.2) is 0 Å². The van der Waals surface area contributed by atoms with Crippen LogP contribution in [0.4, 0.5) is 0 Å². The number of carbonyl (C=O) groups excluding carboxylic acids is 3. The topological polar surface area (TPSA) is 78.5 Å². The molecule has 2 aromatic carbocycles. The molecule has 160 valence electrons. The first-order valence-electron chi connectivity index (χ1n) is 10.3. The summed E-state index contributed by atoms with van der Waals surface area (Å²) >= 11 is 0. The van der Waals surface area contributed by atoms with E-state index in [0.29, 0.717) is 18.7 Å². The van der Waals surface area contributed by atoms with Crippen LogP contribution in [0.15, 0.2) is 54.6 Å². The Morgan fingerprint density at radius 3 is 2.30 bits per heavy atom. The number of nitrogens with zero attached hydrogens (tertiary/aromatic N) is 1. The Morgan fingerprint density at radius 2 is 1.70 bits per heavy atom. The third-order valence-electron chi connectivity index (χ3n) is 4.88. The van der Waals surface area contributed by atoms with Crippen LogP contribution in [0, 0.1) is 12.8 Å². The number of nitrogens with one attached hydrogen (secondary N) is 2. The summed E-state index contributed by atoms with van der Waals surface area (Å²) < 4.78 is 0. The quantitative estimate of drug-likeness (QED) is 0.668. The van der Waals surface area contributed by atoms with Gasteiger partial charge in [0.25, 0.3) is 5.91 Å². The number of likely N-dealkylation sites (N-methyl/N-ethyl adjacent to an activating group) is 1. The van der Waals surface area contributed by atoms with Crippen LogP contribution in [0.2, 0.25) is 0 Å². The highest BCUT2D eigenvalue weighted by Gasteiger charge is 2.25. The second-order valence-corrected chi connectivity index (χ2v) is 7.68. The fourth-order valence-electron chi connectivity index (χ4n) is 3.11. The van der Waals surface area contributed by atoms with Crippen LogP contribution >= 0.6 is 0 Å². The lowest BCUT2D eigenvalue weighted by atomic mass is 10.0. The van der Waals surface area contributed by atoms with Crippen molar-refractivity contribution in [2.45, 2.75) is 40.3 Å². The highest BCUT2D eigenvalue weighted by molar-refractivity contribution is 5.98. The lowest BCUT2D eigenvalue weighted by molar-refractivity contribution is -0.133. The van der Waals surface area contributed by atoms with Crippen molar-refractivity contribution in [2.24, 2.45) is 5.92 Å². The van der Waals surface area contributed by atoms with E-state index in [9.17, 15) is 14.4 Å². The number of rotatable bonds is 9. The molecule has 3 amide bonds. The van der Waals surface area contributed by atoms with Gasteiger partial charge in [0.05, 0.1) is 6.54 Å². The van der Waals surface area contributed by atoms with Gasteiger partial charge in [0.2, 0.25) is 11.8 Å². The van der Waals surface area contributed by atoms with E-state index in [2.05, 4.69) is 10.6 Å². The smallest absolute Gasteiger partial charge is 0.251 e. The Labute approximate surface area is 178 Å². The molecule has 0 spiro atoms. The van der Waals surface area contributed by atoms with E-state index >= 15 is 0 Å². The van der Waals surface area contributed by atoms with Crippen LogP contribution in [-0.2, 0) is 16.1 Å². The molecule has 1 unspecified atom stereocenters. The molecule has 2 rings (SSSR count). The Bertz CT molecular complexity index is 865. The summed E-state index contributed by atoms with van der Waals surface area (Å²) in [5.74, 6) is -0.962. The van der Waals surface area contributed by atoms with Crippen molar-refractivity contribution < 1.29 is 14.4 Å². The van der Waals surface area contributed by atoms with Crippen LogP contribution in [0.5, 0.6) is 0 Å². The molecule has 0 saturated carbocycles. The summed E-state index contributed by atoms with van der Waals surface area (Å²) in [4.78, 5) is 39.5. The molecule has 0 bridgehead atoms. The van der Waals surface area contributed by atoms with Crippen molar-refractivity contribution >= 4 is 17.7 Å². The van der Waals surface area contributed by atoms with Gasteiger partial charge in [-0.05, 0) is 37.5 Å². The van der Waals surface area contributed by atoms with E-state index in [0.717, 1.165) is 11.1 Å². The van der Waals surface area contributed by atoms with Gasteiger partial charge >= 0.3 is 0 Å².